The van der Waals surface area contributed by atoms with Crippen LogP contribution in [0.5, 0.6) is 5.75 Å². The number of esters is 1. The zero-order valence-electron chi connectivity index (χ0n) is 12.7. The smallest absolute Gasteiger partial charge is 0.356 e. The number of carbonyl (C=O) groups is 1. The van der Waals surface area contributed by atoms with E-state index in [4.69, 9.17) is 10.5 Å². The summed E-state index contributed by atoms with van der Waals surface area (Å²) in [6, 6.07) is 3.63. The molecule has 0 atom stereocenters. The summed E-state index contributed by atoms with van der Waals surface area (Å²) in [5.74, 6) is -2.92. The number of ether oxygens (including phenoxy) is 1. The molecule has 0 amide bonds. The van der Waals surface area contributed by atoms with Gasteiger partial charge >= 0.3 is 5.97 Å². The fourth-order valence-corrected chi connectivity index (χ4v) is 4.38. The summed E-state index contributed by atoms with van der Waals surface area (Å²) in [5, 5.41) is 0.705. The molecule has 128 valence electrons. The molecule has 0 unspecified atom stereocenters. The van der Waals surface area contributed by atoms with Gasteiger partial charge < -0.3 is 10.5 Å². The first-order chi connectivity index (χ1) is 11.9. The molecule has 0 saturated carbocycles. The molecule has 2 N–H and O–H groups in total. The predicted molar refractivity (Wildman–Crippen MR) is 95.1 cm³/mol. The van der Waals surface area contributed by atoms with E-state index in [0.717, 1.165) is 47.9 Å². The van der Waals surface area contributed by atoms with E-state index < -0.39 is 17.6 Å². The number of rotatable bonds is 2. The SMILES string of the molecule is Nc1c(C(=O)Oc2c(F)cc(F)cc2Br)sc2nc3c(cc12)CCC3. The first kappa shape index (κ1) is 16.4. The van der Waals surface area contributed by atoms with Crippen molar-refractivity contribution in [1.29, 1.82) is 0 Å². The second-order valence-corrected chi connectivity index (χ2v) is 7.59. The lowest BCUT2D eigenvalue weighted by Crippen LogP contribution is -2.10. The van der Waals surface area contributed by atoms with Gasteiger partial charge in [0.15, 0.2) is 11.6 Å². The first-order valence-electron chi connectivity index (χ1n) is 7.51. The third kappa shape index (κ3) is 2.79. The number of halogens is 3. The summed E-state index contributed by atoms with van der Waals surface area (Å²) < 4.78 is 32.1. The number of aryl methyl sites for hydroxylation is 2. The van der Waals surface area contributed by atoms with Crippen molar-refractivity contribution in [2.45, 2.75) is 19.3 Å². The normalized spacial score (nSPS) is 13.2. The van der Waals surface area contributed by atoms with Crippen LogP contribution >= 0.6 is 27.3 Å². The molecule has 2 aromatic heterocycles. The molecule has 1 aliphatic rings. The Kier molecular flexibility index (Phi) is 3.96. The number of nitrogens with zero attached hydrogens (tertiary/aromatic N) is 1. The van der Waals surface area contributed by atoms with Crippen molar-refractivity contribution in [3.8, 4) is 5.75 Å². The van der Waals surface area contributed by atoms with Gasteiger partial charge in [-0.1, -0.05) is 0 Å². The number of anilines is 1. The van der Waals surface area contributed by atoms with Crippen LogP contribution in [0.15, 0.2) is 22.7 Å². The number of aromatic nitrogens is 1. The van der Waals surface area contributed by atoms with Crippen molar-refractivity contribution in [2.24, 2.45) is 0 Å². The maximum absolute atomic E-state index is 13.9. The summed E-state index contributed by atoms with van der Waals surface area (Å²) >= 11 is 4.10. The Morgan fingerprint density at radius 2 is 2.08 bits per heavy atom. The highest BCUT2D eigenvalue weighted by molar-refractivity contribution is 9.10. The van der Waals surface area contributed by atoms with Crippen LogP contribution in [0.3, 0.4) is 0 Å². The molecular formula is C17H11BrF2N2O2S. The minimum atomic E-state index is -0.975. The topological polar surface area (TPSA) is 65.2 Å². The molecule has 4 rings (SSSR count). The van der Waals surface area contributed by atoms with Crippen LogP contribution in [0, 0.1) is 11.6 Å². The van der Waals surface area contributed by atoms with Crippen molar-refractivity contribution in [3.05, 3.63) is 50.4 Å². The van der Waals surface area contributed by atoms with Crippen molar-refractivity contribution in [1.82, 2.24) is 4.98 Å². The number of carbonyl (C=O) groups excluding carboxylic acids is 1. The average molecular weight is 425 g/mol. The molecule has 1 aliphatic carbocycles. The average Bonchev–Trinajstić information content (AvgIpc) is 3.13. The van der Waals surface area contributed by atoms with E-state index in [2.05, 4.69) is 20.9 Å². The Morgan fingerprint density at radius 3 is 2.84 bits per heavy atom. The minimum absolute atomic E-state index is 0.00938. The summed E-state index contributed by atoms with van der Waals surface area (Å²) in [4.78, 5) is 17.8. The molecule has 4 nitrogen and oxygen atoms in total. The van der Waals surface area contributed by atoms with E-state index in [9.17, 15) is 13.6 Å². The number of nitrogen functional groups attached to an aromatic ring is 1. The molecule has 25 heavy (non-hydrogen) atoms. The molecule has 8 heteroatoms. The maximum Gasteiger partial charge on any atom is 0.356 e. The van der Waals surface area contributed by atoms with E-state index >= 15 is 0 Å². The highest BCUT2D eigenvalue weighted by atomic mass is 79.9. The fraction of sp³-hybridized carbons (Fsp3) is 0.176. The Bertz CT molecular complexity index is 1010. The Labute approximate surface area is 153 Å². The summed E-state index contributed by atoms with van der Waals surface area (Å²) in [7, 11) is 0. The van der Waals surface area contributed by atoms with Gasteiger partial charge in [-0.05, 0) is 52.9 Å². The van der Waals surface area contributed by atoms with Gasteiger partial charge in [-0.15, -0.1) is 11.3 Å². The maximum atomic E-state index is 13.9. The molecule has 2 heterocycles. The van der Waals surface area contributed by atoms with Crippen LogP contribution in [-0.2, 0) is 12.8 Å². The standard InChI is InChI=1S/C17H11BrF2N2O2S/c18-10-5-8(19)6-11(20)14(10)24-17(23)15-13(21)9-4-7-2-1-3-12(7)22-16(9)25-15/h4-6H,1-3,21H2. The number of benzene rings is 1. The number of nitrogens with two attached hydrogens (primary N) is 1. The molecule has 0 bridgehead atoms. The predicted octanol–water partition coefficient (Wildman–Crippen LogP) is 4.63. The Morgan fingerprint density at radius 1 is 1.28 bits per heavy atom. The van der Waals surface area contributed by atoms with Crippen molar-refractivity contribution >= 4 is 49.1 Å². The lowest BCUT2D eigenvalue weighted by Gasteiger charge is -2.07. The van der Waals surface area contributed by atoms with Gasteiger partial charge in [-0.25, -0.2) is 18.6 Å². The van der Waals surface area contributed by atoms with Gasteiger partial charge in [0.2, 0.25) is 0 Å². The number of hydrogen-bond donors (Lipinski definition) is 1. The quantitative estimate of drug-likeness (QED) is 0.481. The van der Waals surface area contributed by atoms with Crippen LogP contribution in [-0.4, -0.2) is 11.0 Å². The molecule has 0 spiro atoms. The third-order valence-corrected chi connectivity index (χ3v) is 5.78. The van der Waals surface area contributed by atoms with E-state index in [0.29, 0.717) is 16.3 Å². The number of fused-ring (bicyclic) bond motifs is 2. The highest BCUT2D eigenvalue weighted by Gasteiger charge is 2.24. The van der Waals surface area contributed by atoms with Crippen LogP contribution in [0.2, 0.25) is 0 Å². The lowest BCUT2D eigenvalue weighted by molar-refractivity contribution is 0.0732. The zero-order valence-corrected chi connectivity index (χ0v) is 15.1. The molecule has 0 radical (unpaired) electrons. The van der Waals surface area contributed by atoms with Crippen LogP contribution < -0.4 is 10.5 Å². The van der Waals surface area contributed by atoms with Crippen molar-refractivity contribution < 1.29 is 18.3 Å². The first-order valence-corrected chi connectivity index (χ1v) is 9.12. The van der Waals surface area contributed by atoms with E-state index in [1.165, 1.54) is 0 Å². The van der Waals surface area contributed by atoms with Gasteiger partial charge in [-0.2, -0.15) is 0 Å². The third-order valence-electron chi connectivity index (χ3n) is 4.09. The van der Waals surface area contributed by atoms with Crippen molar-refractivity contribution in [2.75, 3.05) is 5.73 Å². The van der Waals surface area contributed by atoms with Gasteiger partial charge in [0.1, 0.15) is 15.5 Å². The summed E-state index contributed by atoms with van der Waals surface area (Å²) in [6.45, 7) is 0. The van der Waals surface area contributed by atoms with Gasteiger partial charge in [0.25, 0.3) is 0 Å². The molecule has 1 aromatic carbocycles. The van der Waals surface area contributed by atoms with Crippen LogP contribution in [0.1, 0.15) is 27.3 Å². The second kappa shape index (κ2) is 6.03. The van der Waals surface area contributed by atoms with Gasteiger partial charge in [-0.3, -0.25) is 0 Å². The highest BCUT2D eigenvalue weighted by Crippen LogP contribution is 2.37. The minimum Gasteiger partial charge on any atom is -0.418 e. The van der Waals surface area contributed by atoms with Crippen LogP contribution in [0.25, 0.3) is 10.2 Å². The van der Waals surface area contributed by atoms with E-state index in [1.54, 1.807) is 0 Å². The Hall–Kier alpha value is -2.06. The van der Waals surface area contributed by atoms with Crippen molar-refractivity contribution in [3.63, 3.8) is 0 Å². The Balaban J connectivity index is 1.72. The number of hydrogen-bond acceptors (Lipinski definition) is 5. The van der Waals surface area contributed by atoms with Crippen LogP contribution in [0.4, 0.5) is 14.5 Å². The fourth-order valence-electron chi connectivity index (χ4n) is 2.91. The van der Waals surface area contributed by atoms with E-state index in [-0.39, 0.29) is 20.8 Å². The molecular weight excluding hydrogens is 414 g/mol. The van der Waals surface area contributed by atoms with Gasteiger partial charge in [0.05, 0.1) is 10.2 Å². The van der Waals surface area contributed by atoms with E-state index in [1.807, 2.05) is 6.07 Å². The van der Waals surface area contributed by atoms with Gasteiger partial charge in [0, 0.05) is 17.1 Å². The molecule has 0 fully saturated rings. The monoisotopic (exact) mass is 424 g/mol. The molecule has 3 aromatic rings. The second-order valence-electron chi connectivity index (χ2n) is 5.73. The summed E-state index contributed by atoms with van der Waals surface area (Å²) in [5.41, 5.74) is 8.53. The molecule has 0 aliphatic heterocycles. The number of thiophene rings is 1. The molecule has 0 saturated heterocycles. The largest absolute Gasteiger partial charge is 0.418 e. The summed E-state index contributed by atoms with van der Waals surface area (Å²) in [6.07, 6.45) is 2.92. The lowest BCUT2D eigenvalue weighted by atomic mass is 10.1. The number of pyridine rings is 1. The zero-order chi connectivity index (χ0) is 17.7.